The molecule has 0 amide bonds. The van der Waals surface area contributed by atoms with Crippen LogP contribution in [0.25, 0.3) is 0 Å². The van der Waals surface area contributed by atoms with Gasteiger partial charge in [-0.25, -0.2) is 0 Å². The van der Waals surface area contributed by atoms with Crippen molar-refractivity contribution in [1.82, 2.24) is 0 Å². The Balaban J connectivity index is 0.00000132. The van der Waals surface area contributed by atoms with Gasteiger partial charge in [0.2, 0.25) is 0 Å². The van der Waals surface area contributed by atoms with Crippen LogP contribution in [0.1, 0.15) is 78.1 Å². The molecule has 0 bridgehead atoms. The summed E-state index contributed by atoms with van der Waals surface area (Å²) in [5.41, 5.74) is 0.688. The summed E-state index contributed by atoms with van der Waals surface area (Å²) in [4.78, 5) is 12.4. The van der Waals surface area contributed by atoms with Gasteiger partial charge in [-0.2, -0.15) is 0 Å². The summed E-state index contributed by atoms with van der Waals surface area (Å²) in [7, 11) is 0. The fourth-order valence-corrected chi connectivity index (χ4v) is 7.07. The van der Waals surface area contributed by atoms with Crippen molar-refractivity contribution >= 4 is 33.1 Å². The van der Waals surface area contributed by atoms with Crippen LogP contribution in [0.15, 0.2) is 0 Å². The van der Waals surface area contributed by atoms with Gasteiger partial charge in [0.1, 0.15) is 5.78 Å². The van der Waals surface area contributed by atoms with Crippen LogP contribution in [0.5, 0.6) is 0 Å². The predicted octanol–water partition coefficient (Wildman–Crippen LogP) is 4.07. The summed E-state index contributed by atoms with van der Waals surface area (Å²) in [6.45, 7) is 4.92. The van der Waals surface area contributed by atoms with E-state index in [0.717, 1.165) is 30.1 Å². The van der Waals surface area contributed by atoms with Crippen LogP contribution in [0.3, 0.4) is 0 Å². The topological polar surface area (TPSA) is 17.1 Å². The Kier molecular flexibility index (Phi) is 4.38. The van der Waals surface area contributed by atoms with Crippen LogP contribution in [-0.4, -0.2) is 33.1 Å². The zero-order chi connectivity index (χ0) is 14.0. The van der Waals surface area contributed by atoms with Gasteiger partial charge in [-0.05, 0) is 74.0 Å². The van der Waals surface area contributed by atoms with E-state index in [1.165, 1.54) is 57.8 Å². The van der Waals surface area contributed by atoms with Crippen LogP contribution < -0.4 is 0 Å². The number of ketones is 1. The van der Waals surface area contributed by atoms with Gasteiger partial charge in [0, 0.05) is 11.8 Å². The summed E-state index contributed by atoms with van der Waals surface area (Å²) >= 11 is 0. The summed E-state index contributed by atoms with van der Waals surface area (Å²) < 4.78 is 0. The zero-order valence-corrected chi connectivity index (χ0v) is 19.5. The molecule has 0 spiro atoms. The molecule has 2 radical (unpaired) electrons. The minimum atomic E-state index is 0. The Labute approximate surface area is 150 Å². The van der Waals surface area contributed by atoms with E-state index in [0.29, 0.717) is 11.2 Å². The van der Waals surface area contributed by atoms with Crippen molar-refractivity contribution in [2.45, 2.75) is 78.1 Å². The second kappa shape index (κ2) is 5.59. The third-order valence-electron chi connectivity index (χ3n) is 8.29. The van der Waals surface area contributed by atoms with Crippen LogP contribution in [-0.2, 0) is 4.79 Å². The van der Waals surface area contributed by atoms with Crippen molar-refractivity contribution in [3.8, 4) is 0 Å². The van der Waals surface area contributed by atoms with Gasteiger partial charge >= 0.3 is 27.3 Å². The maximum atomic E-state index is 12.4. The predicted molar refractivity (Wildman–Crippen MR) is 89.9 cm³/mol. The van der Waals surface area contributed by atoms with E-state index in [4.69, 9.17) is 0 Å². The SMILES string of the molecule is C[C@]12CCCC[C@@H]1CC[C@@H]1[C@@H]2CC[C@]2(C)C(=O)CC[C@@H]12.[PbH2]. The first kappa shape index (κ1) is 16.4. The van der Waals surface area contributed by atoms with Crippen molar-refractivity contribution in [2.24, 2.45) is 34.5 Å². The number of hydrogen-bond acceptors (Lipinski definition) is 1. The second-order valence-corrected chi connectivity index (χ2v) is 8.82. The summed E-state index contributed by atoms with van der Waals surface area (Å²) in [5.74, 6) is 4.13. The molecule has 4 saturated carbocycles. The van der Waals surface area contributed by atoms with E-state index in [2.05, 4.69) is 13.8 Å². The van der Waals surface area contributed by atoms with Gasteiger partial charge in [-0.3, -0.25) is 4.79 Å². The zero-order valence-electron chi connectivity index (χ0n) is 14.0. The first-order chi connectivity index (χ1) is 9.56. The first-order valence-corrected chi connectivity index (χ1v) is 9.09. The third-order valence-corrected chi connectivity index (χ3v) is 8.29. The molecule has 4 aliphatic rings. The molecule has 0 saturated heterocycles. The molecule has 0 aromatic rings. The quantitative estimate of drug-likeness (QED) is 0.475. The normalized spacial score (nSPS) is 52.4. The molecule has 0 aliphatic heterocycles. The van der Waals surface area contributed by atoms with E-state index >= 15 is 0 Å². The van der Waals surface area contributed by atoms with Crippen molar-refractivity contribution in [3.05, 3.63) is 0 Å². The molecule has 118 valence electrons. The number of carbonyl (C=O) groups is 1. The van der Waals surface area contributed by atoms with E-state index in [9.17, 15) is 4.79 Å². The average molecular weight is 484 g/mol. The van der Waals surface area contributed by atoms with Gasteiger partial charge in [-0.15, -0.1) is 0 Å². The van der Waals surface area contributed by atoms with Gasteiger partial charge in [0.25, 0.3) is 0 Å². The van der Waals surface area contributed by atoms with Crippen LogP contribution in [0.4, 0.5) is 0 Å². The Morgan fingerprint density at radius 1 is 0.905 bits per heavy atom. The Bertz CT molecular complexity index is 433. The standard InChI is InChI=1S/C19H30O.Pb.2H/c1-18-11-4-3-5-13(18)6-7-14-15-8-9-17(20)19(15,2)12-10-16(14)18;;;/h13-16H,3-12H2,1-2H3;;;/t13-,14+,15+,16+,18+,19+;;;/m1.../s1. The molecular formula is C19H32OPb. The molecule has 6 atom stereocenters. The second-order valence-electron chi connectivity index (χ2n) is 8.82. The number of rotatable bonds is 0. The molecule has 0 aromatic carbocycles. The van der Waals surface area contributed by atoms with Crippen LogP contribution in [0.2, 0.25) is 0 Å². The molecular weight excluding hydrogens is 451 g/mol. The monoisotopic (exact) mass is 484 g/mol. The number of carbonyl (C=O) groups excluding carboxylic acids is 1. The van der Waals surface area contributed by atoms with Gasteiger partial charge in [0.15, 0.2) is 0 Å². The molecule has 0 unspecified atom stereocenters. The molecule has 4 fully saturated rings. The van der Waals surface area contributed by atoms with E-state index < -0.39 is 0 Å². The minimum absolute atomic E-state index is 0. The van der Waals surface area contributed by atoms with Crippen molar-refractivity contribution in [1.29, 1.82) is 0 Å². The maximum absolute atomic E-state index is 12.4. The van der Waals surface area contributed by atoms with Gasteiger partial charge < -0.3 is 0 Å². The molecule has 1 nitrogen and oxygen atoms in total. The Morgan fingerprint density at radius 3 is 2.52 bits per heavy atom. The van der Waals surface area contributed by atoms with E-state index in [1.54, 1.807) is 0 Å². The molecule has 0 heterocycles. The molecule has 0 N–H and O–H groups in total. The fourth-order valence-electron chi connectivity index (χ4n) is 7.07. The van der Waals surface area contributed by atoms with Crippen molar-refractivity contribution in [3.63, 3.8) is 0 Å². The van der Waals surface area contributed by atoms with Gasteiger partial charge in [0.05, 0.1) is 0 Å². The Morgan fingerprint density at radius 2 is 1.71 bits per heavy atom. The number of fused-ring (bicyclic) bond motifs is 5. The van der Waals surface area contributed by atoms with E-state index in [1.807, 2.05) is 0 Å². The first-order valence-electron chi connectivity index (χ1n) is 9.09. The molecule has 4 aliphatic carbocycles. The van der Waals surface area contributed by atoms with E-state index in [-0.39, 0.29) is 32.7 Å². The molecule has 0 aromatic heterocycles. The van der Waals surface area contributed by atoms with Crippen molar-refractivity contribution < 1.29 is 4.79 Å². The molecule has 21 heavy (non-hydrogen) atoms. The Hall–Kier alpha value is 0.592. The third kappa shape index (κ3) is 2.22. The number of hydrogen-bond donors (Lipinski definition) is 0. The van der Waals surface area contributed by atoms with Crippen LogP contribution in [0, 0.1) is 34.5 Å². The molecule has 4 rings (SSSR count). The fraction of sp³-hybridized carbons (Fsp3) is 0.947. The average Bonchev–Trinajstić information content (AvgIpc) is 2.74. The van der Waals surface area contributed by atoms with Crippen LogP contribution >= 0.6 is 0 Å². The van der Waals surface area contributed by atoms with Crippen molar-refractivity contribution in [2.75, 3.05) is 0 Å². The number of Topliss-reactive ketones (excluding diaryl/α,β-unsaturated/α-hetero) is 1. The summed E-state index contributed by atoms with van der Waals surface area (Å²) in [6.07, 6.45) is 13.4. The molecule has 2 heteroatoms. The van der Waals surface area contributed by atoms with Gasteiger partial charge in [-0.1, -0.05) is 26.7 Å². The summed E-state index contributed by atoms with van der Waals surface area (Å²) in [6, 6.07) is 0. The summed E-state index contributed by atoms with van der Waals surface area (Å²) in [5, 5.41) is 0.